The Labute approximate surface area is 87.8 Å². The molecule has 0 saturated heterocycles. The molecule has 0 N–H and O–H groups in total. The molecule has 2 aromatic rings. The van der Waals surface area contributed by atoms with Crippen molar-refractivity contribution < 1.29 is 4.39 Å². The van der Waals surface area contributed by atoms with Crippen LogP contribution in [0.25, 0.3) is 5.65 Å². The van der Waals surface area contributed by atoms with Crippen LogP contribution in [0.2, 0.25) is 0 Å². The fourth-order valence-electron chi connectivity index (χ4n) is 2.40. The highest BCUT2D eigenvalue weighted by Gasteiger charge is 2.34. The van der Waals surface area contributed by atoms with E-state index in [0.717, 1.165) is 24.2 Å². The summed E-state index contributed by atoms with van der Waals surface area (Å²) in [6.45, 7) is 4.39. The minimum Gasteiger partial charge on any atom is -0.301 e. The summed E-state index contributed by atoms with van der Waals surface area (Å²) in [5.41, 5.74) is 3.30. The standard InChI is InChI=1S/C12H13FN2/c1-12(2)6-5-9-11(12)14-10-4-3-8(13)7-15(9)10/h3-4,7H,5-6H2,1-2H3. The van der Waals surface area contributed by atoms with Crippen molar-refractivity contribution in [2.24, 2.45) is 0 Å². The predicted molar refractivity (Wildman–Crippen MR) is 56.5 cm³/mol. The number of pyridine rings is 1. The zero-order valence-electron chi connectivity index (χ0n) is 8.92. The van der Waals surface area contributed by atoms with Gasteiger partial charge in [-0.1, -0.05) is 13.8 Å². The fraction of sp³-hybridized carbons (Fsp3) is 0.417. The van der Waals surface area contributed by atoms with Gasteiger partial charge in [-0.25, -0.2) is 9.37 Å². The lowest BCUT2D eigenvalue weighted by Crippen LogP contribution is -2.12. The van der Waals surface area contributed by atoms with Crippen molar-refractivity contribution in [1.82, 2.24) is 9.38 Å². The summed E-state index contributed by atoms with van der Waals surface area (Å²) in [5.74, 6) is -0.201. The van der Waals surface area contributed by atoms with Gasteiger partial charge in [0.25, 0.3) is 0 Å². The molecule has 0 atom stereocenters. The largest absolute Gasteiger partial charge is 0.301 e. The van der Waals surface area contributed by atoms with Crippen LogP contribution in [0.3, 0.4) is 0 Å². The molecular formula is C12H13FN2. The number of halogens is 1. The van der Waals surface area contributed by atoms with Crippen molar-refractivity contribution in [2.45, 2.75) is 32.1 Å². The summed E-state index contributed by atoms with van der Waals surface area (Å²) in [5, 5.41) is 0. The molecule has 78 valence electrons. The number of hydrogen-bond acceptors (Lipinski definition) is 1. The van der Waals surface area contributed by atoms with Crippen LogP contribution in [-0.2, 0) is 11.8 Å². The van der Waals surface area contributed by atoms with E-state index < -0.39 is 0 Å². The van der Waals surface area contributed by atoms with E-state index in [1.54, 1.807) is 6.07 Å². The van der Waals surface area contributed by atoms with E-state index in [-0.39, 0.29) is 11.2 Å². The molecule has 0 unspecified atom stereocenters. The van der Waals surface area contributed by atoms with Crippen molar-refractivity contribution >= 4 is 5.65 Å². The van der Waals surface area contributed by atoms with Crippen molar-refractivity contribution in [3.8, 4) is 0 Å². The van der Waals surface area contributed by atoms with Gasteiger partial charge < -0.3 is 4.40 Å². The van der Waals surface area contributed by atoms with Gasteiger partial charge in [-0.15, -0.1) is 0 Å². The van der Waals surface area contributed by atoms with Gasteiger partial charge in [0.15, 0.2) is 0 Å². The summed E-state index contributed by atoms with van der Waals surface area (Å²) >= 11 is 0. The molecular weight excluding hydrogens is 191 g/mol. The Balaban J connectivity index is 2.36. The van der Waals surface area contributed by atoms with Crippen LogP contribution in [0.15, 0.2) is 18.3 Å². The second-order valence-electron chi connectivity index (χ2n) is 4.87. The number of imidazole rings is 1. The van der Waals surface area contributed by atoms with Crippen LogP contribution >= 0.6 is 0 Å². The molecule has 0 aromatic carbocycles. The van der Waals surface area contributed by atoms with Gasteiger partial charge in [-0.05, 0) is 25.0 Å². The Kier molecular flexibility index (Phi) is 1.54. The molecule has 0 spiro atoms. The van der Waals surface area contributed by atoms with Crippen LogP contribution in [0.1, 0.15) is 31.7 Å². The molecule has 3 rings (SSSR count). The van der Waals surface area contributed by atoms with Crippen LogP contribution in [-0.4, -0.2) is 9.38 Å². The van der Waals surface area contributed by atoms with Gasteiger partial charge in [0.2, 0.25) is 0 Å². The molecule has 0 fully saturated rings. The van der Waals surface area contributed by atoms with Crippen molar-refractivity contribution in [2.75, 3.05) is 0 Å². The molecule has 0 saturated carbocycles. The molecule has 3 heteroatoms. The number of nitrogens with zero attached hydrogens (tertiary/aromatic N) is 2. The van der Waals surface area contributed by atoms with E-state index in [4.69, 9.17) is 0 Å². The average molecular weight is 204 g/mol. The molecule has 0 bridgehead atoms. The third-order valence-electron chi connectivity index (χ3n) is 3.31. The summed E-state index contributed by atoms with van der Waals surface area (Å²) in [4.78, 5) is 4.58. The minimum absolute atomic E-state index is 0.137. The smallest absolute Gasteiger partial charge is 0.139 e. The van der Waals surface area contributed by atoms with Gasteiger partial charge >= 0.3 is 0 Å². The lowest BCUT2D eigenvalue weighted by molar-refractivity contribution is 0.509. The maximum Gasteiger partial charge on any atom is 0.139 e. The van der Waals surface area contributed by atoms with Crippen molar-refractivity contribution in [3.05, 3.63) is 35.5 Å². The summed E-state index contributed by atoms with van der Waals surface area (Å²) in [7, 11) is 0. The average Bonchev–Trinajstić information content (AvgIpc) is 2.66. The molecule has 2 nitrogen and oxygen atoms in total. The van der Waals surface area contributed by atoms with Crippen LogP contribution in [0, 0.1) is 5.82 Å². The number of hydrogen-bond donors (Lipinski definition) is 0. The summed E-state index contributed by atoms with van der Waals surface area (Å²) in [6.07, 6.45) is 3.62. The molecule has 0 aliphatic heterocycles. The maximum atomic E-state index is 13.1. The second kappa shape index (κ2) is 2.60. The minimum atomic E-state index is -0.201. The highest BCUT2D eigenvalue weighted by atomic mass is 19.1. The third kappa shape index (κ3) is 1.12. The predicted octanol–water partition coefficient (Wildman–Crippen LogP) is 2.70. The molecule has 0 radical (unpaired) electrons. The van der Waals surface area contributed by atoms with Gasteiger partial charge in [-0.3, -0.25) is 0 Å². The van der Waals surface area contributed by atoms with Crippen molar-refractivity contribution in [3.63, 3.8) is 0 Å². The highest BCUT2D eigenvalue weighted by molar-refractivity contribution is 5.47. The number of aromatic nitrogens is 2. The van der Waals surface area contributed by atoms with Gasteiger partial charge in [0, 0.05) is 17.3 Å². The van der Waals surface area contributed by atoms with Gasteiger partial charge in [0.1, 0.15) is 11.5 Å². The molecule has 2 aromatic heterocycles. The number of fused-ring (bicyclic) bond motifs is 3. The Morgan fingerprint density at radius 2 is 2.20 bits per heavy atom. The zero-order chi connectivity index (χ0) is 10.6. The Morgan fingerprint density at radius 3 is 3.00 bits per heavy atom. The fourth-order valence-corrected chi connectivity index (χ4v) is 2.40. The van der Waals surface area contributed by atoms with Crippen molar-refractivity contribution in [1.29, 1.82) is 0 Å². The van der Waals surface area contributed by atoms with Crippen LogP contribution in [0.4, 0.5) is 4.39 Å². The van der Waals surface area contributed by atoms with Gasteiger partial charge in [0.05, 0.1) is 5.69 Å². The van der Waals surface area contributed by atoms with E-state index in [1.807, 2.05) is 4.40 Å². The maximum absolute atomic E-state index is 13.1. The van der Waals surface area contributed by atoms with E-state index in [2.05, 4.69) is 18.8 Å². The Bertz CT molecular complexity index is 540. The normalized spacial score (nSPS) is 18.3. The quantitative estimate of drug-likeness (QED) is 0.645. The molecule has 0 amide bonds. The first kappa shape index (κ1) is 8.89. The highest BCUT2D eigenvalue weighted by Crippen LogP contribution is 2.37. The molecule has 2 heterocycles. The summed E-state index contributed by atoms with van der Waals surface area (Å²) in [6, 6.07) is 3.20. The zero-order valence-corrected chi connectivity index (χ0v) is 8.92. The SMILES string of the molecule is CC1(C)CCc2c1nc1ccc(F)cn21. The first-order chi connectivity index (χ1) is 7.08. The lowest BCUT2D eigenvalue weighted by Gasteiger charge is -2.14. The first-order valence-electron chi connectivity index (χ1n) is 5.25. The monoisotopic (exact) mass is 204 g/mol. The topological polar surface area (TPSA) is 17.3 Å². The van der Waals surface area contributed by atoms with Gasteiger partial charge in [-0.2, -0.15) is 0 Å². The molecule has 1 aliphatic rings. The van der Waals surface area contributed by atoms with E-state index in [0.29, 0.717) is 0 Å². The molecule has 1 aliphatic carbocycles. The summed E-state index contributed by atoms with van der Waals surface area (Å²) < 4.78 is 15.0. The lowest BCUT2D eigenvalue weighted by atomic mass is 9.91. The third-order valence-corrected chi connectivity index (χ3v) is 3.31. The van der Waals surface area contributed by atoms with E-state index >= 15 is 0 Å². The Hall–Kier alpha value is -1.38. The van der Waals surface area contributed by atoms with Crippen LogP contribution in [0.5, 0.6) is 0 Å². The van der Waals surface area contributed by atoms with Crippen LogP contribution < -0.4 is 0 Å². The Morgan fingerprint density at radius 1 is 1.40 bits per heavy atom. The van der Waals surface area contributed by atoms with E-state index in [9.17, 15) is 4.39 Å². The van der Waals surface area contributed by atoms with E-state index in [1.165, 1.54) is 18.0 Å². The second-order valence-corrected chi connectivity index (χ2v) is 4.87. The first-order valence-corrected chi connectivity index (χ1v) is 5.25. The molecule has 15 heavy (non-hydrogen) atoms. The number of rotatable bonds is 0. The number of aryl methyl sites for hydroxylation is 1.